The second-order valence-electron chi connectivity index (χ2n) is 11.4. The number of phenols is 1. The Hall–Kier alpha value is -5.23. The molecule has 0 unspecified atom stereocenters. The van der Waals surface area contributed by atoms with Gasteiger partial charge in [0.05, 0.1) is 25.3 Å². The Kier molecular flexibility index (Phi) is 7.98. The smallest absolute Gasteiger partial charge is 0.339 e. The number of hydrazine groups is 1. The summed E-state index contributed by atoms with van der Waals surface area (Å²) < 4.78 is 4.85. The van der Waals surface area contributed by atoms with Gasteiger partial charge in [-0.2, -0.15) is 0 Å². The molecule has 1 aromatic heterocycles. The first kappa shape index (κ1) is 29.8. The third-order valence-corrected chi connectivity index (χ3v) is 8.53. The van der Waals surface area contributed by atoms with Gasteiger partial charge in [0.2, 0.25) is 11.8 Å². The summed E-state index contributed by atoms with van der Waals surface area (Å²) in [5, 5.41) is 16.1. The van der Waals surface area contributed by atoms with E-state index in [1.165, 1.54) is 25.4 Å². The molecule has 12 nitrogen and oxygen atoms in total. The first-order valence-corrected chi connectivity index (χ1v) is 14.7. The summed E-state index contributed by atoms with van der Waals surface area (Å²) >= 11 is 0. The van der Waals surface area contributed by atoms with Gasteiger partial charge in [0.25, 0.3) is 0 Å². The summed E-state index contributed by atoms with van der Waals surface area (Å²) in [4.78, 5) is 62.0. The van der Waals surface area contributed by atoms with Gasteiger partial charge in [-0.15, -0.1) is 6.58 Å². The quantitative estimate of drug-likeness (QED) is 0.279. The van der Waals surface area contributed by atoms with Crippen molar-refractivity contribution in [2.24, 2.45) is 0 Å². The Labute approximate surface area is 260 Å². The lowest BCUT2D eigenvalue weighted by Gasteiger charge is -2.55. The van der Waals surface area contributed by atoms with Gasteiger partial charge in [0.1, 0.15) is 11.8 Å². The molecule has 1 aliphatic carbocycles. The van der Waals surface area contributed by atoms with Gasteiger partial charge in [0, 0.05) is 44.9 Å². The van der Waals surface area contributed by atoms with Crippen LogP contribution in [0.25, 0.3) is 0 Å². The van der Waals surface area contributed by atoms with Crippen LogP contribution in [0.5, 0.6) is 5.75 Å². The zero-order valence-corrected chi connectivity index (χ0v) is 24.8. The molecule has 2 N–H and O–H groups in total. The summed E-state index contributed by atoms with van der Waals surface area (Å²) in [5.41, 5.74) is 1.38. The fourth-order valence-electron chi connectivity index (χ4n) is 6.51. The Morgan fingerprint density at radius 2 is 1.84 bits per heavy atom. The van der Waals surface area contributed by atoms with Crippen LogP contribution in [0.2, 0.25) is 0 Å². The van der Waals surface area contributed by atoms with Gasteiger partial charge in [0.15, 0.2) is 5.66 Å². The molecule has 3 aromatic rings. The highest BCUT2D eigenvalue weighted by Gasteiger charge is 2.75. The van der Waals surface area contributed by atoms with Crippen molar-refractivity contribution in [1.82, 2.24) is 30.1 Å². The molecule has 2 aliphatic heterocycles. The topological polar surface area (TPSA) is 136 Å². The van der Waals surface area contributed by atoms with Crippen LogP contribution in [0.3, 0.4) is 0 Å². The van der Waals surface area contributed by atoms with Crippen LogP contribution in [0.4, 0.5) is 4.79 Å². The summed E-state index contributed by atoms with van der Waals surface area (Å²) in [6.07, 6.45) is 5.13. The maximum Gasteiger partial charge on any atom is 0.339 e. The van der Waals surface area contributed by atoms with Gasteiger partial charge >= 0.3 is 12.0 Å². The highest BCUT2D eigenvalue weighted by molar-refractivity contribution is 5.94. The number of methoxy groups -OCH3 is 1. The normalized spacial score (nSPS) is 22.4. The first-order chi connectivity index (χ1) is 21.8. The molecule has 1 saturated carbocycles. The number of amides is 4. The molecular formula is C33H34N6O6. The number of aromatic nitrogens is 1. The summed E-state index contributed by atoms with van der Waals surface area (Å²) in [7, 11) is 1.28. The second-order valence-corrected chi connectivity index (χ2v) is 11.4. The third kappa shape index (κ3) is 5.48. The van der Waals surface area contributed by atoms with Crippen LogP contribution in [0.1, 0.15) is 33.5 Å². The van der Waals surface area contributed by atoms with E-state index in [4.69, 9.17) is 4.74 Å². The van der Waals surface area contributed by atoms with Gasteiger partial charge in [-0.3, -0.25) is 14.6 Å². The Bertz CT molecular complexity index is 1630. The highest BCUT2D eigenvalue weighted by Crippen LogP contribution is 2.55. The summed E-state index contributed by atoms with van der Waals surface area (Å²) in [5.74, 6) is -1.01. The molecule has 4 amide bonds. The van der Waals surface area contributed by atoms with Crippen LogP contribution in [-0.4, -0.2) is 91.7 Å². The number of nitrogens with zero attached hydrogens (tertiary/aromatic N) is 5. The van der Waals surface area contributed by atoms with Crippen molar-refractivity contribution >= 4 is 23.8 Å². The molecule has 45 heavy (non-hydrogen) atoms. The van der Waals surface area contributed by atoms with E-state index < -0.39 is 29.7 Å². The van der Waals surface area contributed by atoms with Crippen molar-refractivity contribution < 1.29 is 29.0 Å². The largest absolute Gasteiger partial charge is 0.508 e. The number of benzene rings is 2. The first-order valence-electron chi connectivity index (χ1n) is 14.7. The number of carbonyl (C=O) groups excluding carboxylic acids is 4. The number of phenolic OH excluding ortho intramolecular Hbond substituents is 1. The SMILES string of the molecule is C=CCN1CC(=O)N2[C@@H](Cc3ccc(O)cc3)C(=O)N(Cc3cncc(C(=O)OC)c3)[C@@H]3C[C@@]32N1C(=O)NCc1ccccc1. The fourth-order valence-corrected chi connectivity index (χ4v) is 6.51. The van der Waals surface area contributed by atoms with Crippen molar-refractivity contribution in [2.45, 2.75) is 43.7 Å². The zero-order chi connectivity index (χ0) is 31.7. The van der Waals surface area contributed by atoms with Crippen LogP contribution in [0, 0.1) is 0 Å². The number of hydrogen-bond acceptors (Lipinski definition) is 8. The molecule has 6 rings (SSSR count). The number of carbonyl (C=O) groups is 4. The Morgan fingerprint density at radius 3 is 2.56 bits per heavy atom. The molecule has 0 bridgehead atoms. The van der Waals surface area contributed by atoms with Gasteiger partial charge in [-0.1, -0.05) is 48.5 Å². The molecule has 3 atom stereocenters. The van der Waals surface area contributed by atoms with Gasteiger partial charge in [-0.25, -0.2) is 19.6 Å². The Morgan fingerprint density at radius 1 is 1.09 bits per heavy atom. The van der Waals surface area contributed by atoms with Crippen LogP contribution in [0.15, 0.2) is 85.7 Å². The van der Waals surface area contributed by atoms with E-state index in [1.807, 2.05) is 30.3 Å². The number of ether oxygens (including phenoxy) is 1. The maximum absolute atomic E-state index is 14.3. The Balaban J connectivity index is 1.39. The van der Waals surface area contributed by atoms with Crippen LogP contribution in [-0.2, 0) is 33.8 Å². The third-order valence-electron chi connectivity index (χ3n) is 8.53. The zero-order valence-electron chi connectivity index (χ0n) is 24.8. The average Bonchev–Trinajstić information content (AvgIpc) is 3.77. The molecule has 3 fully saturated rings. The maximum atomic E-state index is 14.3. The minimum absolute atomic E-state index is 0.0856. The monoisotopic (exact) mass is 610 g/mol. The second kappa shape index (κ2) is 12.0. The van der Waals surface area contributed by atoms with Crippen LogP contribution >= 0.6 is 0 Å². The minimum Gasteiger partial charge on any atom is -0.508 e. The molecule has 3 heterocycles. The van der Waals surface area contributed by atoms with Crippen molar-refractivity contribution in [3.63, 3.8) is 0 Å². The number of rotatable bonds is 9. The molecule has 1 spiro atoms. The molecule has 232 valence electrons. The molecular weight excluding hydrogens is 576 g/mol. The van der Waals surface area contributed by atoms with Crippen molar-refractivity contribution in [3.05, 3.63) is 108 Å². The summed E-state index contributed by atoms with van der Waals surface area (Å²) in [6, 6.07) is 15.8. The lowest BCUT2D eigenvalue weighted by molar-refractivity contribution is -0.194. The lowest BCUT2D eigenvalue weighted by Crippen LogP contribution is -2.77. The van der Waals surface area contributed by atoms with E-state index >= 15 is 0 Å². The standard InChI is InChI=1S/C33H34N6O6/c1-3-13-36-21-29(41)38-27(15-22-9-11-26(40)12-10-22)30(42)37(20-24-14-25(19-34-17-24)31(43)45-2)28-16-33(28,38)39(36)32(44)35-18-23-7-5-4-6-8-23/h3-12,14,17,19,27-28,40H,1,13,15-16,18,20-21H2,2H3,(H,35,44)/t27-,28+,33+/m0/s1. The van der Waals surface area contributed by atoms with Crippen molar-refractivity contribution in [2.75, 3.05) is 20.2 Å². The number of aromatic hydroxyl groups is 1. The number of nitrogens with one attached hydrogen (secondary N) is 1. The minimum atomic E-state index is -1.14. The van der Waals surface area contributed by atoms with Crippen LogP contribution < -0.4 is 5.32 Å². The van der Waals surface area contributed by atoms with Gasteiger partial charge < -0.3 is 25.0 Å². The van der Waals surface area contributed by atoms with E-state index in [-0.39, 0.29) is 55.7 Å². The van der Waals surface area contributed by atoms with E-state index in [2.05, 4.69) is 16.9 Å². The van der Waals surface area contributed by atoms with E-state index in [1.54, 1.807) is 50.3 Å². The number of piperazine rings is 1. The number of pyridine rings is 1. The predicted molar refractivity (Wildman–Crippen MR) is 162 cm³/mol. The molecule has 12 heteroatoms. The fraction of sp³-hybridized carbons (Fsp3) is 0.303. The number of urea groups is 1. The van der Waals surface area contributed by atoms with E-state index in [9.17, 15) is 24.3 Å². The highest BCUT2D eigenvalue weighted by atomic mass is 16.5. The summed E-state index contributed by atoms with van der Waals surface area (Å²) in [6.45, 7) is 4.37. The molecule has 2 aromatic carbocycles. The molecule has 3 aliphatic rings. The van der Waals surface area contributed by atoms with Gasteiger partial charge in [-0.05, 0) is 34.9 Å². The van der Waals surface area contributed by atoms with Crippen molar-refractivity contribution in [1.29, 1.82) is 0 Å². The predicted octanol–water partition coefficient (Wildman–Crippen LogP) is 2.45. The number of hydrogen-bond donors (Lipinski definition) is 2. The number of esters is 1. The molecule has 2 saturated heterocycles. The molecule has 0 radical (unpaired) electrons. The van der Waals surface area contributed by atoms with Crippen molar-refractivity contribution in [3.8, 4) is 5.75 Å². The van der Waals surface area contributed by atoms with E-state index in [0.29, 0.717) is 12.0 Å². The lowest BCUT2D eigenvalue weighted by atomic mass is 9.98. The van der Waals surface area contributed by atoms with E-state index in [0.717, 1.165) is 11.1 Å². The average molecular weight is 611 g/mol.